The Hall–Kier alpha value is -2.35. The van der Waals surface area contributed by atoms with Gasteiger partial charge in [0, 0.05) is 19.3 Å². The molecule has 0 spiro atoms. The molecule has 8 nitrogen and oxygen atoms in total. The minimum absolute atomic E-state index is 0.00575. The van der Waals surface area contributed by atoms with E-state index in [1.165, 1.54) is 22.1 Å². The van der Waals surface area contributed by atoms with Gasteiger partial charge in [-0.05, 0) is 32.9 Å². The number of carboxylic acids is 1. The average molecular weight is 370 g/mol. The van der Waals surface area contributed by atoms with E-state index in [0.717, 1.165) is 0 Å². The van der Waals surface area contributed by atoms with Crippen LogP contribution in [0.3, 0.4) is 0 Å². The van der Waals surface area contributed by atoms with Gasteiger partial charge in [0.15, 0.2) is 0 Å². The van der Waals surface area contributed by atoms with Gasteiger partial charge in [0.2, 0.25) is 0 Å². The molecule has 1 fully saturated rings. The number of pyridine rings is 1. The minimum atomic E-state index is -1.21. The molecular formula is C16H20ClN3O5. The zero-order chi connectivity index (χ0) is 18.8. The van der Waals surface area contributed by atoms with Crippen molar-refractivity contribution in [3.05, 3.63) is 29.0 Å². The van der Waals surface area contributed by atoms with Crippen LogP contribution in [0.5, 0.6) is 0 Å². The van der Waals surface area contributed by atoms with Crippen LogP contribution in [-0.2, 0) is 9.53 Å². The molecule has 1 saturated heterocycles. The fourth-order valence-corrected chi connectivity index (χ4v) is 2.63. The van der Waals surface area contributed by atoms with E-state index in [-0.39, 0.29) is 30.4 Å². The molecule has 0 radical (unpaired) electrons. The normalized spacial score (nSPS) is 18.0. The topological polar surface area (TPSA) is 100 Å². The Morgan fingerprint density at radius 1 is 1.32 bits per heavy atom. The Bertz CT molecular complexity index is 689. The van der Waals surface area contributed by atoms with Crippen molar-refractivity contribution >= 4 is 29.6 Å². The Balaban J connectivity index is 2.17. The summed E-state index contributed by atoms with van der Waals surface area (Å²) in [6, 6.07) is 1.84. The van der Waals surface area contributed by atoms with Crippen LogP contribution in [0, 0.1) is 0 Å². The second-order valence-electron chi connectivity index (χ2n) is 6.62. The number of amides is 2. The summed E-state index contributed by atoms with van der Waals surface area (Å²) < 4.78 is 5.26. The van der Waals surface area contributed by atoms with Gasteiger partial charge in [-0.3, -0.25) is 4.79 Å². The van der Waals surface area contributed by atoms with E-state index in [9.17, 15) is 19.5 Å². The Labute approximate surface area is 150 Å². The lowest BCUT2D eigenvalue weighted by molar-refractivity contribution is -0.144. The van der Waals surface area contributed by atoms with Crippen molar-refractivity contribution in [3.8, 4) is 0 Å². The Morgan fingerprint density at radius 2 is 2.00 bits per heavy atom. The lowest BCUT2D eigenvalue weighted by Gasteiger charge is -2.39. The van der Waals surface area contributed by atoms with E-state index in [1.807, 2.05) is 0 Å². The van der Waals surface area contributed by atoms with Crippen molar-refractivity contribution in [3.63, 3.8) is 0 Å². The molecule has 1 aromatic rings. The number of aliphatic carboxylic acids is 1. The number of carbonyl (C=O) groups excluding carboxylic acids is 2. The summed E-state index contributed by atoms with van der Waals surface area (Å²) in [6.07, 6.45) is 0.832. The minimum Gasteiger partial charge on any atom is -0.480 e. The first-order chi connectivity index (χ1) is 11.6. The van der Waals surface area contributed by atoms with Crippen LogP contribution in [0.4, 0.5) is 4.79 Å². The highest BCUT2D eigenvalue weighted by atomic mass is 35.5. The van der Waals surface area contributed by atoms with Crippen molar-refractivity contribution in [1.29, 1.82) is 0 Å². The fraction of sp³-hybridized carbons (Fsp3) is 0.500. The van der Waals surface area contributed by atoms with E-state index >= 15 is 0 Å². The SMILES string of the molecule is CC(C)(C)OC(=O)N1CCN(C(=O)c2cccnc2Cl)C(C(=O)O)C1. The molecule has 1 aliphatic heterocycles. The molecule has 25 heavy (non-hydrogen) atoms. The second kappa shape index (κ2) is 7.26. The van der Waals surface area contributed by atoms with E-state index < -0.39 is 29.6 Å². The summed E-state index contributed by atoms with van der Waals surface area (Å²) in [6.45, 7) is 5.24. The maximum Gasteiger partial charge on any atom is 0.410 e. The highest BCUT2D eigenvalue weighted by Crippen LogP contribution is 2.20. The molecule has 0 aliphatic carbocycles. The molecule has 0 saturated carbocycles. The van der Waals surface area contributed by atoms with Gasteiger partial charge in [0.25, 0.3) is 5.91 Å². The third-order valence-electron chi connectivity index (χ3n) is 3.57. The molecule has 2 heterocycles. The zero-order valence-electron chi connectivity index (χ0n) is 14.2. The highest BCUT2D eigenvalue weighted by Gasteiger charge is 2.39. The summed E-state index contributed by atoms with van der Waals surface area (Å²) in [5, 5.41) is 9.49. The summed E-state index contributed by atoms with van der Waals surface area (Å²) in [7, 11) is 0. The number of piperazine rings is 1. The predicted molar refractivity (Wildman–Crippen MR) is 89.5 cm³/mol. The molecule has 136 valence electrons. The van der Waals surface area contributed by atoms with Crippen molar-refractivity contribution in [2.45, 2.75) is 32.4 Å². The maximum atomic E-state index is 12.6. The number of halogens is 1. The van der Waals surface area contributed by atoms with Gasteiger partial charge in [0.1, 0.15) is 16.8 Å². The number of carbonyl (C=O) groups is 3. The number of ether oxygens (including phenoxy) is 1. The van der Waals surface area contributed by atoms with Crippen LogP contribution in [0.1, 0.15) is 31.1 Å². The maximum absolute atomic E-state index is 12.6. The van der Waals surface area contributed by atoms with Gasteiger partial charge in [-0.25, -0.2) is 14.6 Å². The molecule has 1 unspecified atom stereocenters. The van der Waals surface area contributed by atoms with Crippen LogP contribution in [0.15, 0.2) is 18.3 Å². The van der Waals surface area contributed by atoms with Gasteiger partial charge < -0.3 is 19.6 Å². The van der Waals surface area contributed by atoms with E-state index in [2.05, 4.69) is 4.98 Å². The van der Waals surface area contributed by atoms with Crippen LogP contribution >= 0.6 is 11.6 Å². The molecule has 1 aromatic heterocycles. The van der Waals surface area contributed by atoms with Crippen molar-refractivity contribution in [2.24, 2.45) is 0 Å². The third-order valence-corrected chi connectivity index (χ3v) is 3.87. The van der Waals surface area contributed by atoms with Crippen LogP contribution in [0.25, 0.3) is 0 Å². The number of rotatable bonds is 2. The van der Waals surface area contributed by atoms with Gasteiger partial charge in [-0.2, -0.15) is 0 Å². The molecular weight excluding hydrogens is 350 g/mol. The summed E-state index contributed by atoms with van der Waals surface area (Å²) in [5.41, 5.74) is -0.562. The Morgan fingerprint density at radius 3 is 2.56 bits per heavy atom. The number of hydrogen-bond acceptors (Lipinski definition) is 5. The molecule has 2 rings (SSSR count). The largest absolute Gasteiger partial charge is 0.480 e. The fourth-order valence-electron chi connectivity index (χ4n) is 2.43. The molecule has 1 aliphatic rings. The monoisotopic (exact) mass is 369 g/mol. The highest BCUT2D eigenvalue weighted by molar-refractivity contribution is 6.32. The standard InChI is InChI=1S/C16H20ClN3O5/c1-16(2,3)25-15(24)19-7-8-20(11(9-19)14(22)23)13(21)10-5-4-6-18-12(10)17/h4-6,11H,7-9H2,1-3H3,(H,22,23). The van der Waals surface area contributed by atoms with Gasteiger partial charge >= 0.3 is 12.1 Å². The van der Waals surface area contributed by atoms with Gasteiger partial charge in [0.05, 0.1) is 12.1 Å². The van der Waals surface area contributed by atoms with Crippen molar-refractivity contribution < 1.29 is 24.2 Å². The second-order valence-corrected chi connectivity index (χ2v) is 6.98. The van der Waals surface area contributed by atoms with Crippen molar-refractivity contribution in [1.82, 2.24) is 14.8 Å². The molecule has 0 aromatic carbocycles. The van der Waals surface area contributed by atoms with Crippen LogP contribution in [-0.4, -0.2) is 69.1 Å². The van der Waals surface area contributed by atoms with Crippen LogP contribution < -0.4 is 0 Å². The molecule has 2 amide bonds. The average Bonchev–Trinajstić information content (AvgIpc) is 2.52. The smallest absolute Gasteiger partial charge is 0.410 e. The molecule has 1 atom stereocenters. The first-order valence-corrected chi connectivity index (χ1v) is 8.10. The summed E-state index contributed by atoms with van der Waals surface area (Å²) in [4.78, 5) is 42.7. The zero-order valence-corrected chi connectivity index (χ0v) is 15.0. The Kier molecular flexibility index (Phi) is 5.52. The first-order valence-electron chi connectivity index (χ1n) is 7.72. The lowest BCUT2D eigenvalue weighted by Crippen LogP contribution is -2.59. The molecule has 1 N–H and O–H groups in total. The molecule has 9 heteroatoms. The third kappa shape index (κ3) is 4.60. The molecule has 0 bridgehead atoms. The summed E-state index contributed by atoms with van der Waals surface area (Å²) >= 11 is 5.93. The predicted octanol–water partition coefficient (Wildman–Crippen LogP) is 1.88. The van der Waals surface area contributed by atoms with Crippen molar-refractivity contribution in [2.75, 3.05) is 19.6 Å². The number of aromatic nitrogens is 1. The van der Waals surface area contributed by atoms with E-state index in [4.69, 9.17) is 16.3 Å². The number of hydrogen-bond donors (Lipinski definition) is 1. The van der Waals surface area contributed by atoms with E-state index in [1.54, 1.807) is 26.8 Å². The van der Waals surface area contributed by atoms with Gasteiger partial charge in [-0.15, -0.1) is 0 Å². The first kappa shape index (κ1) is 19.0. The quantitative estimate of drug-likeness (QED) is 0.799. The summed E-state index contributed by atoms with van der Waals surface area (Å²) in [5.74, 6) is -1.74. The number of carboxylic acid groups (broad SMARTS) is 1. The van der Waals surface area contributed by atoms with Crippen LogP contribution in [0.2, 0.25) is 5.15 Å². The number of nitrogens with zero attached hydrogens (tertiary/aromatic N) is 3. The lowest BCUT2D eigenvalue weighted by atomic mass is 10.1. The van der Waals surface area contributed by atoms with Gasteiger partial charge in [-0.1, -0.05) is 11.6 Å². The van der Waals surface area contributed by atoms with E-state index in [0.29, 0.717) is 0 Å².